The topological polar surface area (TPSA) is 15.3 Å². The van der Waals surface area contributed by atoms with Crippen molar-refractivity contribution in [2.24, 2.45) is 0 Å². The molecule has 0 radical (unpaired) electrons. The Labute approximate surface area is 156 Å². The first kappa shape index (κ1) is 16.7. The predicted molar refractivity (Wildman–Crippen MR) is 111 cm³/mol. The van der Waals surface area contributed by atoms with Gasteiger partial charge in [0, 0.05) is 6.54 Å². The van der Waals surface area contributed by atoms with Crippen LogP contribution in [0, 0.1) is 0 Å². The maximum Gasteiger partial charge on any atom is 0.0744 e. The van der Waals surface area contributed by atoms with Crippen LogP contribution in [0.25, 0.3) is 0 Å². The number of anilines is 2. The van der Waals surface area contributed by atoms with Gasteiger partial charge < -0.3 is 10.2 Å². The number of nitrogens with one attached hydrogen (secondary N) is 1. The van der Waals surface area contributed by atoms with E-state index in [1.54, 1.807) is 0 Å². The highest BCUT2D eigenvalue weighted by Crippen LogP contribution is 2.47. The minimum atomic E-state index is -0.0223. The summed E-state index contributed by atoms with van der Waals surface area (Å²) >= 11 is 0. The van der Waals surface area contributed by atoms with Crippen molar-refractivity contribution in [3.05, 3.63) is 96.1 Å². The Morgan fingerprint density at radius 3 is 2.15 bits per heavy atom. The molecular weight excluding hydrogens is 316 g/mol. The molecule has 3 aromatic carbocycles. The normalized spacial score (nSPS) is 21.8. The molecule has 2 nitrogen and oxygen atoms in total. The SMILES string of the molecule is CCC1(C)C(c2ccccc2)Nc2ccccc2N1Cc1ccccc1. The molecule has 1 heterocycles. The van der Waals surface area contributed by atoms with Crippen LogP contribution in [0.4, 0.5) is 11.4 Å². The van der Waals surface area contributed by atoms with Crippen molar-refractivity contribution in [1.82, 2.24) is 0 Å². The van der Waals surface area contributed by atoms with Gasteiger partial charge in [0.15, 0.2) is 0 Å². The van der Waals surface area contributed by atoms with Crippen molar-refractivity contribution < 1.29 is 0 Å². The summed E-state index contributed by atoms with van der Waals surface area (Å²) in [4.78, 5) is 2.59. The number of benzene rings is 3. The molecule has 0 spiro atoms. The maximum atomic E-state index is 3.83. The van der Waals surface area contributed by atoms with Gasteiger partial charge in [0.25, 0.3) is 0 Å². The molecular formula is C24H26N2. The third kappa shape index (κ3) is 2.86. The lowest BCUT2D eigenvalue weighted by Gasteiger charge is -2.52. The van der Waals surface area contributed by atoms with Crippen molar-refractivity contribution in [1.29, 1.82) is 0 Å². The molecule has 0 bridgehead atoms. The average molecular weight is 342 g/mol. The van der Waals surface area contributed by atoms with Crippen molar-refractivity contribution in [3.63, 3.8) is 0 Å². The Balaban J connectivity index is 1.83. The molecule has 2 atom stereocenters. The van der Waals surface area contributed by atoms with Gasteiger partial charge in [-0.15, -0.1) is 0 Å². The smallest absolute Gasteiger partial charge is 0.0744 e. The first-order valence-corrected chi connectivity index (χ1v) is 9.44. The zero-order valence-corrected chi connectivity index (χ0v) is 15.5. The van der Waals surface area contributed by atoms with E-state index in [0.29, 0.717) is 0 Å². The molecule has 0 aromatic heterocycles. The molecule has 0 saturated carbocycles. The molecule has 0 saturated heterocycles. The van der Waals surface area contributed by atoms with E-state index in [0.717, 1.165) is 13.0 Å². The van der Waals surface area contributed by atoms with E-state index in [1.807, 2.05) is 0 Å². The average Bonchev–Trinajstić information content (AvgIpc) is 2.71. The van der Waals surface area contributed by atoms with E-state index >= 15 is 0 Å². The summed E-state index contributed by atoms with van der Waals surface area (Å²) in [5.74, 6) is 0. The second kappa shape index (κ2) is 6.87. The summed E-state index contributed by atoms with van der Waals surface area (Å²) in [6.07, 6.45) is 1.06. The summed E-state index contributed by atoms with van der Waals surface area (Å²) in [7, 11) is 0. The molecule has 26 heavy (non-hydrogen) atoms. The van der Waals surface area contributed by atoms with E-state index in [4.69, 9.17) is 0 Å². The lowest BCUT2D eigenvalue weighted by Crippen LogP contribution is -2.55. The van der Waals surface area contributed by atoms with Gasteiger partial charge in [-0.3, -0.25) is 0 Å². The fraction of sp³-hybridized carbons (Fsp3) is 0.250. The highest BCUT2D eigenvalue weighted by atomic mass is 15.3. The van der Waals surface area contributed by atoms with E-state index in [1.165, 1.54) is 22.5 Å². The first-order valence-electron chi connectivity index (χ1n) is 9.44. The fourth-order valence-corrected chi connectivity index (χ4v) is 4.09. The summed E-state index contributed by atoms with van der Waals surface area (Å²) < 4.78 is 0. The van der Waals surface area contributed by atoms with Gasteiger partial charge in [0.05, 0.1) is 23.0 Å². The van der Waals surface area contributed by atoms with E-state index in [-0.39, 0.29) is 11.6 Å². The maximum absolute atomic E-state index is 3.83. The van der Waals surface area contributed by atoms with Crippen LogP contribution in [0.2, 0.25) is 0 Å². The van der Waals surface area contributed by atoms with Gasteiger partial charge >= 0.3 is 0 Å². The van der Waals surface area contributed by atoms with Crippen molar-refractivity contribution >= 4 is 11.4 Å². The van der Waals surface area contributed by atoms with Crippen LogP contribution < -0.4 is 10.2 Å². The fourth-order valence-electron chi connectivity index (χ4n) is 4.09. The number of rotatable bonds is 4. The van der Waals surface area contributed by atoms with Crippen LogP contribution in [-0.4, -0.2) is 5.54 Å². The Hall–Kier alpha value is -2.74. The number of para-hydroxylation sites is 2. The number of fused-ring (bicyclic) bond motifs is 1. The van der Waals surface area contributed by atoms with Gasteiger partial charge in [-0.25, -0.2) is 0 Å². The van der Waals surface area contributed by atoms with Gasteiger partial charge in [-0.05, 0) is 36.6 Å². The monoisotopic (exact) mass is 342 g/mol. The highest BCUT2D eigenvalue weighted by Gasteiger charge is 2.43. The molecule has 1 aliphatic heterocycles. The molecule has 2 unspecified atom stereocenters. The lowest BCUT2D eigenvalue weighted by atomic mass is 9.80. The molecule has 2 heteroatoms. The third-order valence-electron chi connectivity index (χ3n) is 5.77. The van der Waals surface area contributed by atoms with E-state index < -0.39 is 0 Å². The minimum Gasteiger partial charge on any atom is -0.374 e. The molecule has 1 aliphatic rings. The summed E-state index contributed by atoms with van der Waals surface area (Å²) in [6.45, 7) is 5.59. The Bertz CT molecular complexity index is 860. The molecule has 1 N–H and O–H groups in total. The molecule has 3 aromatic rings. The quantitative estimate of drug-likeness (QED) is 0.623. The van der Waals surface area contributed by atoms with Crippen LogP contribution in [0.5, 0.6) is 0 Å². The summed E-state index contributed by atoms with van der Waals surface area (Å²) in [5.41, 5.74) is 5.15. The zero-order chi connectivity index (χ0) is 18.0. The van der Waals surface area contributed by atoms with Crippen LogP contribution >= 0.6 is 0 Å². The Kier molecular flexibility index (Phi) is 4.42. The van der Waals surface area contributed by atoms with Crippen molar-refractivity contribution in [2.75, 3.05) is 10.2 Å². The summed E-state index contributed by atoms with van der Waals surface area (Å²) in [6, 6.07) is 30.5. The van der Waals surface area contributed by atoms with Crippen molar-refractivity contribution in [3.8, 4) is 0 Å². The van der Waals surface area contributed by atoms with Gasteiger partial charge in [0.2, 0.25) is 0 Å². The molecule has 4 rings (SSSR count). The zero-order valence-electron chi connectivity index (χ0n) is 15.5. The number of nitrogens with zero attached hydrogens (tertiary/aromatic N) is 1. The largest absolute Gasteiger partial charge is 0.374 e. The second-order valence-electron chi connectivity index (χ2n) is 7.29. The number of hydrogen-bond donors (Lipinski definition) is 1. The van der Waals surface area contributed by atoms with Gasteiger partial charge in [-0.1, -0.05) is 79.7 Å². The molecule has 132 valence electrons. The third-order valence-corrected chi connectivity index (χ3v) is 5.77. The van der Waals surface area contributed by atoms with Crippen LogP contribution in [-0.2, 0) is 6.54 Å². The predicted octanol–water partition coefficient (Wildman–Crippen LogP) is 6.03. The van der Waals surface area contributed by atoms with E-state index in [9.17, 15) is 0 Å². The Morgan fingerprint density at radius 1 is 0.846 bits per heavy atom. The number of hydrogen-bond acceptors (Lipinski definition) is 2. The minimum absolute atomic E-state index is 0.0223. The van der Waals surface area contributed by atoms with Crippen LogP contribution in [0.3, 0.4) is 0 Å². The van der Waals surface area contributed by atoms with Crippen LogP contribution in [0.1, 0.15) is 37.4 Å². The molecule has 0 aliphatic carbocycles. The van der Waals surface area contributed by atoms with Crippen LogP contribution in [0.15, 0.2) is 84.9 Å². The van der Waals surface area contributed by atoms with Gasteiger partial charge in [-0.2, -0.15) is 0 Å². The summed E-state index contributed by atoms with van der Waals surface area (Å²) in [5, 5.41) is 3.83. The second-order valence-corrected chi connectivity index (χ2v) is 7.29. The first-order chi connectivity index (χ1) is 12.7. The molecule has 0 fully saturated rings. The Morgan fingerprint density at radius 2 is 1.46 bits per heavy atom. The standard InChI is InChI=1S/C24H26N2/c1-3-24(2)23(20-14-8-5-9-15-20)25-21-16-10-11-17-22(21)26(24)18-19-12-6-4-7-13-19/h4-17,23,25H,3,18H2,1-2H3. The van der Waals surface area contributed by atoms with Crippen molar-refractivity contribution in [2.45, 2.75) is 38.4 Å². The lowest BCUT2D eigenvalue weighted by molar-refractivity contribution is 0.342. The highest BCUT2D eigenvalue weighted by molar-refractivity contribution is 5.75. The van der Waals surface area contributed by atoms with E-state index in [2.05, 4.69) is 109 Å². The molecule has 0 amide bonds. The van der Waals surface area contributed by atoms with Gasteiger partial charge in [0.1, 0.15) is 0 Å².